The summed E-state index contributed by atoms with van der Waals surface area (Å²) in [6.45, 7) is 2.96. The van der Waals surface area contributed by atoms with E-state index in [-0.39, 0.29) is 51.4 Å². The van der Waals surface area contributed by atoms with Gasteiger partial charge in [-0.1, -0.05) is 0 Å². The van der Waals surface area contributed by atoms with E-state index in [1.807, 2.05) is 0 Å². The summed E-state index contributed by atoms with van der Waals surface area (Å²) < 4.78 is 4.20. The second-order valence-electron chi connectivity index (χ2n) is 2.10. The van der Waals surface area contributed by atoms with Crippen LogP contribution in [0.25, 0.3) is 0 Å². The van der Waals surface area contributed by atoms with E-state index in [0.29, 0.717) is 5.57 Å². The van der Waals surface area contributed by atoms with Gasteiger partial charge in [-0.3, -0.25) is 10.1 Å². The average molecular weight is 198 g/mol. The van der Waals surface area contributed by atoms with Crippen LogP contribution in [0.3, 0.4) is 0 Å². The molecule has 0 heterocycles. The Balaban J connectivity index is 0. The van der Waals surface area contributed by atoms with Crippen molar-refractivity contribution >= 4 is 5.97 Å². The molecule has 0 bridgehead atoms. The summed E-state index contributed by atoms with van der Waals surface area (Å²) in [5, 5.41) is 10.2. The summed E-state index contributed by atoms with van der Waals surface area (Å²) in [5.74, 6) is -0.907. The van der Waals surface area contributed by atoms with Crippen LogP contribution in [0.4, 0.5) is 0 Å². The molecule has 0 aromatic carbocycles. The minimum absolute atomic E-state index is 0. The number of nitro groups is 1. The van der Waals surface area contributed by atoms with Gasteiger partial charge in [-0.05, 0) is 13.8 Å². The Morgan fingerprint density at radius 1 is 1.42 bits per heavy atom. The van der Waals surface area contributed by atoms with Gasteiger partial charge in [0.25, 0.3) is 0 Å². The molecule has 0 unspecified atom stereocenters. The Kier molecular flexibility index (Phi) is 8.27. The normalized spacial score (nSPS) is 7.92. The van der Waals surface area contributed by atoms with Gasteiger partial charge in [0.05, 0.1) is 12.0 Å². The van der Waals surface area contributed by atoms with Gasteiger partial charge in [0.2, 0.25) is 0 Å². The number of rotatable bonds is 2. The van der Waals surface area contributed by atoms with Gasteiger partial charge in [-0.25, -0.2) is 4.79 Å². The fraction of sp³-hybridized carbons (Fsp3) is 0.500. The topological polar surface area (TPSA) is 69.4 Å². The van der Waals surface area contributed by atoms with Crippen LogP contribution in [-0.2, 0) is 9.53 Å². The summed E-state index contributed by atoms with van der Waals surface area (Å²) in [4.78, 5) is 20.1. The zero-order valence-electron chi connectivity index (χ0n) is 7.58. The molecule has 12 heavy (non-hydrogen) atoms. The van der Waals surface area contributed by atoms with Crippen LogP contribution in [0.1, 0.15) is 13.8 Å². The molecule has 0 aromatic rings. The monoisotopic (exact) mass is 198 g/mol. The molecule has 0 radical (unpaired) electrons. The average Bonchev–Trinajstić information content (AvgIpc) is 1.85. The van der Waals surface area contributed by atoms with Gasteiger partial charge >= 0.3 is 63.1 Å². The van der Waals surface area contributed by atoms with Crippen molar-refractivity contribution in [3.8, 4) is 0 Å². The summed E-state index contributed by atoms with van der Waals surface area (Å²) in [7, 11) is 1.11. The molecule has 6 heteroatoms. The number of allylic oxidation sites excluding steroid dienone is 1. The predicted octanol–water partition coefficient (Wildman–Crippen LogP) is -2.27. The summed E-state index contributed by atoms with van der Waals surface area (Å²) >= 11 is 0. The second-order valence-corrected chi connectivity index (χ2v) is 2.10. The Morgan fingerprint density at radius 2 is 1.83 bits per heavy atom. The molecule has 0 N–H and O–H groups in total. The number of nitrogens with zero attached hydrogens (tertiary/aromatic N) is 1. The van der Waals surface area contributed by atoms with E-state index < -0.39 is 16.6 Å². The maximum absolute atomic E-state index is 10.7. The molecular formula is C6H9KNO4+. The van der Waals surface area contributed by atoms with Crippen LogP contribution in [-0.4, -0.2) is 18.0 Å². The Bertz CT molecular complexity index is 220. The molecule has 0 rings (SSSR count). The first-order valence-corrected chi connectivity index (χ1v) is 2.91. The van der Waals surface area contributed by atoms with E-state index in [2.05, 4.69) is 4.74 Å². The van der Waals surface area contributed by atoms with Crippen molar-refractivity contribution < 1.29 is 65.8 Å². The van der Waals surface area contributed by atoms with E-state index in [9.17, 15) is 14.9 Å². The van der Waals surface area contributed by atoms with Crippen molar-refractivity contribution in [2.24, 2.45) is 0 Å². The minimum Gasteiger partial charge on any atom is -0.461 e. The van der Waals surface area contributed by atoms with Crippen molar-refractivity contribution in [1.29, 1.82) is 0 Å². The molecule has 5 nitrogen and oxygen atoms in total. The third-order valence-electron chi connectivity index (χ3n) is 1.03. The number of carbonyl (C=O) groups is 1. The molecule has 0 aliphatic carbocycles. The first-order chi connectivity index (χ1) is 5.00. The standard InChI is InChI=1S/C6H9NO4.K/c1-4(2)5(7(9)10)6(8)11-3;/h1-3H3;/q;+1. The molecule has 0 fully saturated rings. The van der Waals surface area contributed by atoms with E-state index in [1.54, 1.807) is 0 Å². The van der Waals surface area contributed by atoms with Crippen molar-refractivity contribution in [3.63, 3.8) is 0 Å². The van der Waals surface area contributed by atoms with Crippen molar-refractivity contribution in [2.45, 2.75) is 13.8 Å². The van der Waals surface area contributed by atoms with Gasteiger partial charge < -0.3 is 4.74 Å². The molecule has 0 aromatic heterocycles. The number of ether oxygens (including phenoxy) is 1. The Labute approximate surface area is 113 Å². The van der Waals surface area contributed by atoms with Crippen LogP contribution >= 0.6 is 0 Å². The Morgan fingerprint density at radius 3 is 1.92 bits per heavy atom. The number of hydrogen-bond donors (Lipinski definition) is 0. The van der Waals surface area contributed by atoms with E-state index in [4.69, 9.17) is 0 Å². The smallest absolute Gasteiger partial charge is 0.461 e. The number of hydrogen-bond acceptors (Lipinski definition) is 4. The molecule has 0 aliphatic heterocycles. The summed E-state index contributed by atoms with van der Waals surface area (Å²) in [5.41, 5.74) is -0.158. The molecular weight excluding hydrogens is 189 g/mol. The zero-order chi connectivity index (χ0) is 9.02. The number of esters is 1. The first-order valence-electron chi connectivity index (χ1n) is 2.91. The molecule has 0 aliphatic rings. The minimum atomic E-state index is -0.907. The van der Waals surface area contributed by atoms with Gasteiger partial charge in [-0.2, -0.15) is 0 Å². The molecule has 0 spiro atoms. The van der Waals surface area contributed by atoms with Gasteiger partial charge in [0, 0.05) is 5.57 Å². The van der Waals surface area contributed by atoms with Crippen LogP contribution in [0.2, 0.25) is 0 Å². The number of methoxy groups -OCH3 is 1. The van der Waals surface area contributed by atoms with Crippen molar-refractivity contribution in [2.75, 3.05) is 7.11 Å². The maximum Gasteiger partial charge on any atom is 1.00 e. The first kappa shape index (κ1) is 14.8. The summed E-state index contributed by atoms with van der Waals surface area (Å²) in [6.07, 6.45) is 0. The van der Waals surface area contributed by atoms with Gasteiger partial charge in [0.15, 0.2) is 0 Å². The van der Waals surface area contributed by atoms with Crippen LogP contribution in [0, 0.1) is 10.1 Å². The Hall–Kier alpha value is 0.246. The predicted molar refractivity (Wildman–Crippen MR) is 37.4 cm³/mol. The fourth-order valence-electron chi connectivity index (χ4n) is 0.558. The molecule has 0 amide bonds. The third kappa shape index (κ3) is 4.32. The van der Waals surface area contributed by atoms with E-state index >= 15 is 0 Å². The van der Waals surface area contributed by atoms with E-state index in [1.165, 1.54) is 13.8 Å². The molecule has 62 valence electrons. The quantitative estimate of drug-likeness (QED) is 0.165. The third-order valence-corrected chi connectivity index (χ3v) is 1.03. The van der Waals surface area contributed by atoms with Gasteiger partial charge in [-0.15, -0.1) is 0 Å². The van der Waals surface area contributed by atoms with Crippen LogP contribution in [0.5, 0.6) is 0 Å². The van der Waals surface area contributed by atoms with Crippen molar-refractivity contribution in [1.82, 2.24) is 0 Å². The van der Waals surface area contributed by atoms with Crippen LogP contribution < -0.4 is 51.4 Å². The van der Waals surface area contributed by atoms with E-state index in [0.717, 1.165) is 7.11 Å². The second kappa shape index (κ2) is 6.73. The number of carbonyl (C=O) groups excluding carboxylic acids is 1. The van der Waals surface area contributed by atoms with Gasteiger partial charge in [0.1, 0.15) is 0 Å². The SMILES string of the molecule is COC(=O)C(=C(C)C)[N+](=O)[O-].[K+]. The van der Waals surface area contributed by atoms with Crippen LogP contribution in [0.15, 0.2) is 11.3 Å². The largest absolute Gasteiger partial charge is 1.00 e. The van der Waals surface area contributed by atoms with Crippen molar-refractivity contribution in [3.05, 3.63) is 21.4 Å². The molecule has 0 saturated heterocycles. The maximum atomic E-state index is 10.7. The summed E-state index contributed by atoms with van der Waals surface area (Å²) in [6, 6.07) is 0. The fourth-order valence-corrected chi connectivity index (χ4v) is 0.558. The molecule has 0 saturated carbocycles. The molecule has 0 atom stereocenters. The zero-order valence-corrected chi connectivity index (χ0v) is 10.7.